The van der Waals surface area contributed by atoms with Gasteiger partial charge in [0.15, 0.2) is 0 Å². The van der Waals surface area contributed by atoms with E-state index in [-0.39, 0.29) is 11.5 Å². The summed E-state index contributed by atoms with van der Waals surface area (Å²) in [6.45, 7) is 3.92. The number of hydrogen-bond acceptors (Lipinski definition) is 4. The zero-order chi connectivity index (χ0) is 20.7. The van der Waals surface area contributed by atoms with Gasteiger partial charge < -0.3 is 4.90 Å². The molecule has 0 saturated carbocycles. The van der Waals surface area contributed by atoms with E-state index in [0.717, 1.165) is 50.0 Å². The van der Waals surface area contributed by atoms with E-state index in [9.17, 15) is 9.59 Å². The predicted molar refractivity (Wildman–Crippen MR) is 121 cm³/mol. The lowest BCUT2D eigenvalue weighted by Crippen LogP contribution is -2.34. The van der Waals surface area contributed by atoms with Crippen molar-refractivity contribution in [1.82, 2.24) is 14.5 Å². The maximum Gasteiger partial charge on any atom is 0.264 e. The zero-order valence-corrected chi connectivity index (χ0v) is 18.0. The summed E-state index contributed by atoms with van der Waals surface area (Å²) >= 11 is 1.38. The Labute approximate surface area is 179 Å². The van der Waals surface area contributed by atoms with E-state index < -0.39 is 0 Å². The molecule has 30 heavy (non-hydrogen) atoms. The van der Waals surface area contributed by atoms with Crippen LogP contribution >= 0.6 is 11.3 Å². The van der Waals surface area contributed by atoms with E-state index in [0.29, 0.717) is 28.2 Å². The Morgan fingerprint density at radius 2 is 1.90 bits per heavy atom. The average Bonchev–Trinajstić information content (AvgIpc) is 2.95. The van der Waals surface area contributed by atoms with Crippen molar-refractivity contribution in [3.63, 3.8) is 0 Å². The average molecular weight is 420 g/mol. The van der Waals surface area contributed by atoms with Gasteiger partial charge in [-0.2, -0.15) is 0 Å². The number of hydrogen-bond donors (Lipinski definition) is 0. The van der Waals surface area contributed by atoms with Crippen molar-refractivity contribution >= 4 is 33.0 Å². The Morgan fingerprint density at radius 1 is 1.07 bits per heavy atom. The van der Waals surface area contributed by atoms with E-state index in [1.54, 1.807) is 0 Å². The van der Waals surface area contributed by atoms with Crippen molar-refractivity contribution in [2.24, 2.45) is 0 Å². The van der Waals surface area contributed by atoms with Gasteiger partial charge >= 0.3 is 0 Å². The number of nitrogens with zero attached hydrogens (tertiary/aromatic N) is 3. The molecular weight excluding hydrogens is 394 g/mol. The summed E-state index contributed by atoms with van der Waals surface area (Å²) in [4.78, 5) is 34.5. The normalized spacial score (nSPS) is 16.8. The van der Waals surface area contributed by atoms with E-state index in [4.69, 9.17) is 4.98 Å². The van der Waals surface area contributed by atoms with Gasteiger partial charge in [0.1, 0.15) is 10.7 Å². The molecule has 0 aliphatic carbocycles. The maximum atomic E-state index is 13.3. The highest BCUT2D eigenvalue weighted by Gasteiger charge is 2.26. The fraction of sp³-hybridized carbons (Fsp3) is 0.375. The van der Waals surface area contributed by atoms with Gasteiger partial charge in [-0.15, -0.1) is 11.3 Å². The van der Waals surface area contributed by atoms with Crippen molar-refractivity contribution < 1.29 is 4.79 Å². The molecule has 5 rings (SSSR count). The number of carbonyl (C=O) groups is 1. The minimum atomic E-state index is 0.0125. The number of benzene rings is 1. The van der Waals surface area contributed by atoms with Crippen molar-refractivity contribution in [1.29, 1.82) is 0 Å². The molecule has 0 radical (unpaired) electrons. The minimum Gasteiger partial charge on any atom is -0.334 e. The number of amides is 1. The Morgan fingerprint density at radius 3 is 2.67 bits per heavy atom. The summed E-state index contributed by atoms with van der Waals surface area (Å²) in [5.41, 5.74) is 3.32. The number of carbonyl (C=O) groups excluding carboxylic acids is 1. The fourth-order valence-electron chi connectivity index (χ4n) is 4.53. The first-order valence-corrected chi connectivity index (χ1v) is 11.5. The second kappa shape index (κ2) is 7.84. The first-order chi connectivity index (χ1) is 14.6. The first kappa shape index (κ1) is 19.2. The van der Waals surface area contributed by atoms with Crippen molar-refractivity contribution in [2.45, 2.75) is 45.6 Å². The van der Waals surface area contributed by atoms with Crippen LogP contribution in [0.15, 0.2) is 41.2 Å². The molecule has 0 bridgehead atoms. The summed E-state index contributed by atoms with van der Waals surface area (Å²) in [6, 6.07) is 10.3. The van der Waals surface area contributed by atoms with Crippen LogP contribution in [-0.2, 0) is 13.0 Å². The summed E-state index contributed by atoms with van der Waals surface area (Å²) < 4.78 is 1.83. The topological polar surface area (TPSA) is 55.2 Å². The van der Waals surface area contributed by atoms with Crippen LogP contribution in [0.25, 0.3) is 15.8 Å². The molecule has 2 aliphatic heterocycles. The molecule has 2 aliphatic rings. The SMILES string of the molecule is Cc1c(C(=O)N2CC=C(c3ccccc3)CC2)sc2nc3n(c(=O)c12)CCCCC3. The standard InChI is InChI=1S/C24H25N3O2S/c1-16-20-22(25-19-10-6-3-7-13-27(19)23(20)28)30-21(16)24(29)26-14-11-18(12-15-26)17-8-4-2-5-9-17/h2,4-5,8-9,11H,3,6-7,10,12-15H2,1H3. The molecule has 0 atom stereocenters. The molecule has 154 valence electrons. The Balaban J connectivity index is 1.46. The molecule has 1 amide bonds. The van der Waals surface area contributed by atoms with Gasteiger partial charge in [0.25, 0.3) is 11.5 Å². The molecule has 1 aromatic carbocycles. The lowest BCUT2D eigenvalue weighted by atomic mass is 9.99. The number of rotatable bonds is 2. The second-order valence-electron chi connectivity index (χ2n) is 8.13. The minimum absolute atomic E-state index is 0.0125. The van der Waals surface area contributed by atoms with Crippen LogP contribution in [0.1, 0.15) is 52.3 Å². The highest BCUT2D eigenvalue weighted by molar-refractivity contribution is 7.20. The van der Waals surface area contributed by atoms with Crippen LogP contribution in [0.4, 0.5) is 0 Å². The number of thiophene rings is 1. The molecule has 3 aromatic rings. The number of aromatic nitrogens is 2. The number of fused-ring (bicyclic) bond motifs is 2. The summed E-state index contributed by atoms with van der Waals surface area (Å²) in [5, 5.41) is 0.631. The van der Waals surface area contributed by atoms with Crippen LogP contribution in [0.3, 0.4) is 0 Å². The van der Waals surface area contributed by atoms with Gasteiger partial charge in [0.05, 0.1) is 10.3 Å². The monoisotopic (exact) mass is 419 g/mol. The van der Waals surface area contributed by atoms with E-state index in [2.05, 4.69) is 18.2 Å². The predicted octanol–water partition coefficient (Wildman–Crippen LogP) is 4.42. The van der Waals surface area contributed by atoms with Crippen LogP contribution in [0.5, 0.6) is 0 Å². The smallest absolute Gasteiger partial charge is 0.264 e. The van der Waals surface area contributed by atoms with Gasteiger partial charge in [-0.1, -0.05) is 42.8 Å². The van der Waals surface area contributed by atoms with Gasteiger partial charge in [0.2, 0.25) is 0 Å². The largest absolute Gasteiger partial charge is 0.334 e. The zero-order valence-electron chi connectivity index (χ0n) is 17.2. The molecule has 6 heteroatoms. The molecule has 0 spiro atoms. The van der Waals surface area contributed by atoms with Crippen LogP contribution < -0.4 is 5.56 Å². The van der Waals surface area contributed by atoms with Gasteiger partial charge in [0, 0.05) is 26.1 Å². The summed E-state index contributed by atoms with van der Waals surface area (Å²) in [6.07, 6.45) is 7.04. The molecule has 0 saturated heterocycles. The van der Waals surface area contributed by atoms with Gasteiger partial charge in [-0.25, -0.2) is 4.98 Å². The first-order valence-electron chi connectivity index (χ1n) is 10.7. The van der Waals surface area contributed by atoms with Gasteiger partial charge in [-0.3, -0.25) is 14.2 Å². The van der Waals surface area contributed by atoms with Crippen molar-refractivity contribution in [3.05, 3.63) is 68.6 Å². The van der Waals surface area contributed by atoms with Crippen LogP contribution in [0.2, 0.25) is 0 Å². The third-order valence-corrected chi connectivity index (χ3v) is 7.42. The second-order valence-corrected chi connectivity index (χ2v) is 9.13. The van der Waals surface area contributed by atoms with Crippen molar-refractivity contribution in [2.75, 3.05) is 13.1 Å². The highest BCUT2D eigenvalue weighted by atomic mass is 32.1. The Kier molecular flexibility index (Phi) is 5.03. The summed E-state index contributed by atoms with van der Waals surface area (Å²) in [7, 11) is 0. The van der Waals surface area contributed by atoms with Gasteiger partial charge in [-0.05, 0) is 42.9 Å². The van der Waals surface area contributed by atoms with Crippen LogP contribution in [-0.4, -0.2) is 33.4 Å². The summed E-state index contributed by atoms with van der Waals surface area (Å²) in [5.74, 6) is 0.886. The molecule has 2 aromatic heterocycles. The van der Waals surface area contributed by atoms with E-state index >= 15 is 0 Å². The lowest BCUT2D eigenvalue weighted by molar-refractivity contribution is 0.0777. The van der Waals surface area contributed by atoms with Crippen LogP contribution in [0, 0.1) is 6.92 Å². The highest BCUT2D eigenvalue weighted by Crippen LogP contribution is 2.31. The molecular formula is C24H25N3O2S. The number of aryl methyl sites for hydroxylation is 2. The fourth-order valence-corrected chi connectivity index (χ4v) is 5.68. The Hall–Kier alpha value is -2.73. The molecule has 5 nitrogen and oxygen atoms in total. The molecule has 0 fully saturated rings. The third kappa shape index (κ3) is 3.29. The molecule has 0 unspecified atom stereocenters. The third-order valence-electron chi connectivity index (χ3n) is 6.25. The lowest BCUT2D eigenvalue weighted by Gasteiger charge is -2.26. The van der Waals surface area contributed by atoms with E-state index in [1.165, 1.54) is 22.5 Å². The molecule has 4 heterocycles. The Bertz CT molecular complexity index is 1210. The quantitative estimate of drug-likeness (QED) is 0.618. The van der Waals surface area contributed by atoms with E-state index in [1.807, 2.05) is 34.6 Å². The maximum absolute atomic E-state index is 13.3. The van der Waals surface area contributed by atoms with Crippen molar-refractivity contribution in [3.8, 4) is 0 Å². The molecule has 0 N–H and O–H groups in total.